The van der Waals surface area contributed by atoms with E-state index in [0.717, 1.165) is 11.6 Å². The number of carbonyl (C=O) groups excluding carboxylic acids is 1. The SMILES string of the molecule is O=C(NCc1ccccc1)ONC(O)c1cccc(Nc2nc3cc(-c4ccccc4)c(C(F)(F)F)cc3[nH]2)c1. The van der Waals surface area contributed by atoms with E-state index in [1.165, 1.54) is 6.07 Å². The number of hydrogen-bond donors (Lipinski definition) is 5. The molecule has 1 amide bonds. The van der Waals surface area contributed by atoms with E-state index in [-0.39, 0.29) is 23.6 Å². The number of rotatable bonds is 8. The lowest BCUT2D eigenvalue weighted by atomic mass is 9.98. The molecule has 1 aromatic heterocycles. The third kappa shape index (κ3) is 6.40. The van der Waals surface area contributed by atoms with Crippen molar-refractivity contribution in [3.05, 3.63) is 114 Å². The highest BCUT2D eigenvalue weighted by atomic mass is 19.4. The molecular formula is C29H24F3N5O3. The molecule has 0 saturated carbocycles. The Morgan fingerprint density at radius 1 is 0.950 bits per heavy atom. The van der Waals surface area contributed by atoms with Crippen LogP contribution in [-0.2, 0) is 17.6 Å². The maximum atomic E-state index is 13.9. The molecule has 0 fully saturated rings. The van der Waals surface area contributed by atoms with E-state index in [2.05, 4.69) is 26.1 Å². The molecule has 0 bridgehead atoms. The molecule has 0 saturated heterocycles. The first kappa shape index (κ1) is 26.7. The number of hydrogen-bond acceptors (Lipinski definition) is 6. The minimum atomic E-state index is -4.56. The number of amides is 1. The fraction of sp³-hybridized carbons (Fsp3) is 0.103. The van der Waals surface area contributed by atoms with Crippen molar-refractivity contribution in [1.82, 2.24) is 20.8 Å². The molecule has 11 heteroatoms. The van der Waals surface area contributed by atoms with Crippen LogP contribution < -0.4 is 16.1 Å². The molecule has 0 aliphatic rings. The van der Waals surface area contributed by atoms with Crippen molar-refractivity contribution in [2.45, 2.75) is 18.9 Å². The van der Waals surface area contributed by atoms with Gasteiger partial charge in [-0.2, -0.15) is 13.2 Å². The summed E-state index contributed by atoms with van der Waals surface area (Å²) in [5, 5.41) is 16.0. The molecule has 40 heavy (non-hydrogen) atoms. The van der Waals surface area contributed by atoms with Gasteiger partial charge >= 0.3 is 12.3 Å². The maximum absolute atomic E-state index is 13.9. The minimum absolute atomic E-state index is 0.0302. The summed E-state index contributed by atoms with van der Waals surface area (Å²) in [5.41, 5.74) is 4.26. The first-order chi connectivity index (χ1) is 19.3. The summed E-state index contributed by atoms with van der Waals surface area (Å²) in [6.45, 7) is 0.256. The van der Waals surface area contributed by atoms with E-state index in [4.69, 9.17) is 4.84 Å². The molecule has 5 aromatic rings. The monoisotopic (exact) mass is 547 g/mol. The summed E-state index contributed by atoms with van der Waals surface area (Å²) in [6, 6.07) is 26.5. The van der Waals surface area contributed by atoms with E-state index in [1.54, 1.807) is 54.6 Å². The normalized spacial score (nSPS) is 12.2. The van der Waals surface area contributed by atoms with Crippen LogP contribution in [0.1, 0.15) is 22.9 Å². The highest BCUT2D eigenvalue weighted by Gasteiger charge is 2.34. The van der Waals surface area contributed by atoms with Crippen molar-refractivity contribution in [2.24, 2.45) is 0 Å². The largest absolute Gasteiger partial charge is 0.426 e. The smallest absolute Gasteiger partial charge is 0.371 e. The highest BCUT2D eigenvalue weighted by molar-refractivity contribution is 5.86. The van der Waals surface area contributed by atoms with Gasteiger partial charge in [0.25, 0.3) is 0 Å². The zero-order chi connectivity index (χ0) is 28.1. The number of carbonyl (C=O) groups is 1. The third-order valence-corrected chi connectivity index (χ3v) is 6.02. The minimum Gasteiger partial charge on any atom is -0.371 e. The Kier molecular flexibility index (Phi) is 7.67. The fourth-order valence-corrected chi connectivity index (χ4v) is 4.11. The number of fused-ring (bicyclic) bond motifs is 1. The summed E-state index contributed by atoms with van der Waals surface area (Å²) >= 11 is 0. The molecule has 1 unspecified atom stereocenters. The van der Waals surface area contributed by atoms with E-state index >= 15 is 0 Å². The second-order valence-corrected chi connectivity index (χ2v) is 8.86. The molecule has 0 aliphatic carbocycles. The van der Waals surface area contributed by atoms with E-state index in [9.17, 15) is 23.1 Å². The van der Waals surface area contributed by atoms with Crippen LogP contribution in [0.15, 0.2) is 97.1 Å². The van der Waals surface area contributed by atoms with Gasteiger partial charge in [0.1, 0.15) is 0 Å². The Hall–Kier alpha value is -4.87. The van der Waals surface area contributed by atoms with Crippen molar-refractivity contribution >= 4 is 28.8 Å². The van der Waals surface area contributed by atoms with Gasteiger partial charge in [0.05, 0.1) is 16.6 Å². The third-order valence-electron chi connectivity index (χ3n) is 6.02. The number of aromatic nitrogens is 2. The quantitative estimate of drug-likeness (QED) is 0.113. The van der Waals surface area contributed by atoms with Gasteiger partial charge in [-0.1, -0.05) is 72.8 Å². The Morgan fingerprint density at radius 2 is 1.68 bits per heavy atom. The molecule has 5 rings (SSSR count). The lowest BCUT2D eigenvalue weighted by molar-refractivity contribution is -0.137. The number of aliphatic hydroxyl groups is 1. The van der Waals surface area contributed by atoms with Crippen molar-refractivity contribution in [3.63, 3.8) is 0 Å². The number of nitrogens with zero attached hydrogens (tertiary/aromatic N) is 1. The lowest BCUT2D eigenvalue weighted by Gasteiger charge is -2.14. The van der Waals surface area contributed by atoms with Crippen LogP contribution in [0, 0.1) is 0 Å². The fourth-order valence-electron chi connectivity index (χ4n) is 4.11. The number of halogens is 3. The predicted molar refractivity (Wildman–Crippen MR) is 144 cm³/mol. The van der Waals surface area contributed by atoms with Gasteiger partial charge in [0, 0.05) is 17.8 Å². The highest BCUT2D eigenvalue weighted by Crippen LogP contribution is 2.39. The number of anilines is 2. The Morgan fingerprint density at radius 3 is 2.40 bits per heavy atom. The van der Waals surface area contributed by atoms with Gasteiger partial charge in [0.2, 0.25) is 5.95 Å². The molecule has 0 aliphatic heterocycles. The molecule has 5 N–H and O–H groups in total. The molecule has 4 aromatic carbocycles. The number of aromatic amines is 1. The van der Waals surface area contributed by atoms with Crippen LogP contribution >= 0.6 is 0 Å². The van der Waals surface area contributed by atoms with Crippen LogP contribution in [0.2, 0.25) is 0 Å². The number of nitrogens with one attached hydrogen (secondary N) is 4. The molecule has 8 nitrogen and oxygen atoms in total. The van der Waals surface area contributed by atoms with Gasteiger partial charge in [-0.3, -0.25) is 0 Å². The second kappa shape index (κ2) is 11.5. The van der Waals surface area contributed by atoms with Gasteiger partial charge < -0.3 is 25.6 Å². The summed E-state index contributed by atoms with van der Waals surface area (Å²) in [4.78, 5) is 24.1. The average molecular weight is 548 g/mol. The summed E-state index contributed by atoms with van der Waals surface area (Å²) in [6.07, 6.45) is -6.67. The van der Waals surface area contributed by atoms with E-state index in [0.29, 0.717) is 22.3 Å². The standard InChI is InChI=1S/C29H24F3N5O3/c30-29(31,32)23-16-25-24(15-22(23)19-10-5-2-6-11-19)35-27(36-25)34-21-13-7-12-20(14-21)26(38)37-40-28(39)33-17-18-8-3-1-4-9-18/h1-16,26,37-38H,17H2,(H,33,39)(H2,34,35,36). The molecule has 204 valence electrons. The first-order valence-corrected chi connectivity index (χ1v) is 12.2. The van der Waals surface area contributed by atoms with E-state index in [1.807, 2.05) is 30.3 Å². The zero-order valence-electron chi connectivity index (χ0n) is 20.9. The first-order valence-electron chi connectivity index (χ1n) is 12.2. The van der Waals surface area contributed by atoms with Gasteiger partial charge in [-0.05, 0) is 41.0 Å². The van der Waals surface area contributed by atoms with Crippen molar-refractivity contribution < 1.29 is 27.9 Å². The number of aliphatic hydroxyl groups excluding tert-OH is 1. The van der Waals surface area contributed by atoms with Gasteiger partial charge in [-0.15, -0.1) is 5.48 Å². The van der Waals surface area contributed by atoms with Gasteiger partial charge in [-0.25, -0.2) is 9.78 Å². The predicted octanol–water partition coefficient (Wildman–Crippen LogP) is 6.41. The number of imidazole rings is 1. The van der Waals surface area contributed by atoms with Crippen molar-refractivity contribution in [2.75, 3.05) is 5.32 Å². The zero-order valence-corrected chi connectivity index (χ0v) is 20.9. The maximum Gasteiger partial charge on any atom is 0.426 e. The van der Waals surface area contributed by atoms with Crippen molar-refractivity contribution in [1.29, 1.82) is 0 Å². The molecule has 1 heterocycles. The summed E-state index contributed by atoms with van der Waals surface area (Å²) in [7, 11) is 0. The topological polar surface area (TPSA) is 111 Å². The Balaban J connectivity index is 1.27. The summed E-state index contributed by atoms with van der Waals surface area (Å²) < 4.78 is 41.6. The molecule has 0 spiro atoms. The van der Waals surface area contributed by atoms with Crippen LogP contribution in [0.25, 0.3) is 22.2 Å². The molecular weight excluding hydrogens is 523 g/mol. The molecule has 0 radical (unpaired) electrons. The van der Waals surface area contributed by atoms with Crippen molar-refractivity contribution in [3.8, 4) is 11.1 Å². The number of benzene rings is 4. The van der Waals surface area contributed by atoms with E-state index < -0.39 is 24.1 Å². The number of hydroxylamine groups is 1. The summed E-state index contributed by atoms with van der Waals surface area (Å²) in [5.74, 6) is 0.212. The lowest BCUT2D eigenvalue weighted by Crippen LogP contribution is -2.32. The number of H-pyrrole nitrogens is 1. The van der Waals surface area contributed by atoms with Crippen LogP contribution in [0.4, 0.5) is 29.6 Å². The Labute approximate surface area is 226 Å². The van der Waals surface area contributed by atoms with Crippen LogP contribution in [0.3, 0.4) is 0 Å². The van der Waals surface area contributed by atoms with Gasteiger partial charge in [0.15, 0.2) is 6.23 Å². The van der Waals surface area contributed by atoms with Crippen LogP contribution in [0.5, 0.6) is 0 Å². The van der Waals surface area contributed by atoms with Crippen LogP contribution in [-0.4, -0.2) is 21.2 Å². The average Bonchev–Trinajstić information content (AvgIpc) is 3.36. The second-order valence-electron chi connectivity index (χ2n) is 8.86. The Bertz CT molecular complexity index is 1610. The molecule has 1 atom stereocenters. The number of alkyl halides is 3.